The molecule has 4 heterocycles. The monoisotopic (exact) mass is 439 g/mol. The first-order chi connectivity index (χ1) is 15.0. The number of benzene rings is 1. The van der Waals surface area contributed by atoms with E-state index in [0.717, 1.165) is 48.6 Å². The molecule has 0 aliphatic carbocycles. The van der Waals surface area contributed by atoms with Gasteiger partial charge < -0.3 is 16.1 Å². The molecule has 0 saturated carbocycles. The van der Waals surface area contributed by atoms with Gasteiger partial charge in [0.1, 0.15) is 5.84 Å². The zero-order valence-corrected chi connectivity index (χ0v) is 18.1. The molecule has 0 bridgehead atoms. The molecule has 1 atom stereocenters. The SMILES string of the molecule is Cc1cc(NC2=NC(N)(Cc3ccc(Cl)cc3)N=C3C2=CNN3C2CCNCC2)n[nH]1. The third kappa shape index (κ3) is 4.16. The molecule has 10 heteroatoms. The maximum absolute atomic E-state index is 6.76. The van der Waals surface area contributed by atoms with Crippen molar-refractivity contribution >= 4 is 29.1 Å². The van der Waals surface area contributed by atoms with E-state index in [1.54, 1.807) is 0 Å². The topological polar surface area (TPSA) is 119 Å². The summed E-state index contributed by atoms with van der Waals surface area (Å²) in [6, 6.07) is 9.89. The molecule has 3 aliphatic rings. The van der Waals surface area contributed by atoms with Gasteiger partial charge in [-0.25, -0.2) is 9.98 Å². The highest BCUT2D eigenvalue weighted by Gasteiger charge is 2.39. The number of nitrogens with two attached hydrogens (primary N) is 1. The standard InChI is InChI=1S/C21H26ClN9/c1-13-10-18(30-29-13)26-19-17-12-25-31(16-6-8-24-9-7-16)20(17)28-21(23,27-19)11-14-2-4-15(22)5-3-14/h2-5,10,12,16,24-25H,6-9,11,23H2,1H3,(H2,26,27,29,30). The molecule has 162 valence electrons. The number of aromatic amines is 1. The molecule has 5 rings (SSSR count). The number of aryl methyl sites for hydroxylation is 1. The second-order valence-corrected chi connectivity index (χ2v) is 8.61. The van der Waals surface area contributed by atoms with E-state index < -0.39 is 5.79 Å². The van der Waals surface area contributed by atoms with Crippen LogP contribution < -0.4 is 21.8 Å². The van der Waals surface area contributed by atoms with Crippen LogP contribution in [0.1, 0.15) is 24.1 Å². The largest absolute Gasteiger partial charge is 0.323 e. The maximum Gasteiger partial charge on any atom is 0.210 e. The number of piperidine rings is 1. The van der Waals surface area contributed by atoms with E-state index in [1.807, 2.05) is 43.5 Å². The summed E-state index contributed by atoms with van der Waals surface area (Å²) in [5, 5.41) is 16.8. The van der Waals surface area contributed by atoms with Crippen molar-refractivity contribution in [3.05, 3.63) is 58.4 Å². The summed E-state index contributed by atoms with van der Waals surface area (Å²) < 4.78 is 0. The number of fused-ring (bicyclic) bond motifs is 1. The lowest BCUT2D eigenvalue weighted by Crippen LogP contribution is -2.52. The van der Waals surface area contributed by atoms with Crippen molar-refractivity contribution in [3.8, 4) is 0 Å². The zero-order chi connectivity index (χ0) is 21.4. The van der Waals surface area contributed by atoms with E-state index in [2.05, 4.69) is 31.3 Å². The van der Waals surface area contributed by atoms with E-state index in [-0.39, 0.29) is 0 Å². The average Bonchev–Trinajstić information content (AvgIpc) is 3.36. The fourth-order valence-electron chi connectivity index (χ4n) is 4.16. The number of hydrogen-bond donors (Lipinski definition) is 5. The Morgan fingerprint density at radius 2 is 2.00 bits per heavy atom. The van der Waals surface area contributed by atoms with E-state index in [9.17, 15) is 0 Å². The molecule has 6 N–H and O–H groups in total. The van der Waals surface area contributed by atoms with Crippen LogP contribution in [0, 0.1) is 6.92 Å². The number of H-pyrrole nitrogens is 1. The van der Waals surface area contributed by atoms with Gasteiger partial charge in [0, 0.05) is 29.4 Å². The van der Waals surface area contributed by atoms with Crippen LogP contribution >= 0.6 is 11.6 Å². The summed E-state index contributed by atoms with van der Waals surface area (Å²) >= 11 is 6.05. The van der Waals surface area contributed by atoms with Crippen LogP contribution in [0.4, 0.5) is 5.82 Å². The van der Waals surface area contributed by atoms with Gasteiger partial charge in [-0.1, -0.05) is 23.7 Å². The highest BCUT2D eigenvalue weighted by Crippen LogP contribution is 2.28. The van der Waals surface area contributed by atoms with Gasteiger partial charge in [-0.05, 0) is 50.6 Å². The summed E-state index contributed by atoms with van der Waals surface area (Å²) in [4.78, 5) is 9.75. The Hall–Kier alpha value is -2.88. The number of nitrogens with one attached hydrogen (secondary N) is 4. The molecule has 31 heavy (non-hydrogen) atoms. The number of anilines is 1. The first kappa shape index (κ1) is 20.0. The van der Waals surface area contributed by atoms with Gasteiger partial charge >= 0.3 is 0 Å². The minimum atomic E-state index is -1.15. The van der Waals surface area contributed by atoms with Crippen LogP contribution in [-0.2, 0) is 6.42 Å². The number of halogens is 1. The van der Waals surface area contributed by atoms with Crippen LogP contribution in [0.25, 0.3) is 0 Å². The Bertz CT molecular complexity index is 1050. The number of rotatable bonds is 4. The first-order valence-electron chi connectivity index (χ1n) is 10.5. The Morgan fingerprint density at radius 1 is 1.23 bits per heavy atom. The van der Waals surface area contributed by atoms with Crippen molar-refractivity contribution in [2.45, 2.75) is 38.0 Å². The summed E-state index contributed by atoms with van der Waals surface area (Å²) in [5.74, 6) is 1.00. The summed E-state index contributed by atoms with van der Waals surface area (Å²) in [6.45, 7) is 3.92. The highest BCUT2D eigenvalue weighted by atomic mass is 35.5. The van der Waals surface area contributed by atoms with Crippen molar-refractivity contribution in [1.29, 1.82) is 0 Å². The third-order valence-corrected chi connectivity index (χ3v) is 5.93. The number of hydrogen-bond acceptors (Lipinski definition) is 8. The van der Waals surface area contributed by atoms with Crippen LogP contribution in [0.15, 0.2) is 52.1 Å². The van der Waals surface area contributed by atoms with Gasteiger partial charge in [0.05, 0.1) is 11.6 Å². The summed E-state index contributed by atoms with van der Waals surface area (Å²) in [5.41, 5.74) is 13.0. The average molecular weight is 440 g/mol. The van der Waals surface area contributed by atoms with Gasteiger partial charge in [-0.2, -0.15) is 5.10 Å². The predicted molar refractivity (Wildman–Crippen MR) is 123 cm³/mol. The summed E-state index contributed by atoms with van der Waals surface area (Å²) in [6.07, 6.45) is 4.45. The number of amidine groups is 2. The third-order valence-electron chi connectivity index (χ3n) is 5.68. The number of aliphatic imine (C=N–C) groups is 2. The highest BCUT2D eigenvalue weighted by molar-refractivity contribution is 6.30. The minimum absolute atomic E-state index is 0.334. The molecule has 1 unspecified atom stereocenters. The Balaban J connectivity index is 1.49. The van der Waals surface area contributed by atoms with Crippen molar-refractivity contribution in [1.82, 2.24) is 25.9 Å². The maximum atomic E-state index is 6.76. The van der Waals surface area contributed by atoms with Crippen molar-refractivity contribution in [3.63, 3.8) is 0 Å². The molecule has 0 amide bonds. The van der Waals surface area contributed by atoms with E-state index >= 15 is 0 Å². The molecule has 1 saturated heterocycles. The van der Waals surface area contributed by atoms with Crippen LogP contribution in [-0.4, -0.2) is 51.8 Å². The summed E-state index contributed by atoms with van der Waals surface area (Å²) in [7, 11) is 0. The zero-order valence-electron chi connectivity index (χ0n) is 17.3. The fourth-order valence-corrected chi connectivity index (χ4v) is 4.29. The van der Waals surface area contributed by atoms with Crippen LogP contribution in [0.2, 0.25) is 5.02 Å². The molecule has 9 nitrogen and oxygen atoms in total. The molecular weight excluding hydrogens is 414 g/mol. The van der Waals surface area contributed by atoms with Crippen LogP contribution in [0.5, 0.6) is 0 Å². The number of hydrazine groups is 1. The molecule has 0 radical (unpaired) electrons. The van der Waals surface area contributed by atoms with Crippen molar-refractivity contribution in [2.24, 2.45) is 15.7 Å². The van der Waals surface area contributed by atoms with Gasteiger partial charge in [0.15, 0.2) is 11.7 Å². The molecule has 3 aliphatic heterocycles. The smallest absolute Gasteiger partial charge is 0.210 e. The van der Waals surface area contributed by atoms with E-state index in [0.29, 0.717) is 29.1 Å². The molecule has 0 spiro atoms. The van der Waals surface area contributed by atoms with Crippen molar-refractivity contribution < 1.29 is 0 Å². The second-order valence-electron chi connectivity index (χ2n) is 8.18. The van der Waals surface area contributed by atoms with Gasteiger partial charge in [0.25, 0.3) is 0 Å². The Labute approximate surface area is 185 Å². The molecule has 1 aromatic heterocycles. The quantitative estimate of drug-likeness (QED) is 0.496. The predicted octanol–water partition coefficient (Wildman–Crippen LogP) is 1.91. The van der Waals surface area contributed by atoms with Gasteiger partial charge in [-0.15, -0.1) is 0 Å². The lowest BCUT2D eigenvalue weighted by atomic mass is 10.0. The fraction of sp³-hybridized carbons (Fsp3) is 0.381. The number of aromatic nitrogens is 2. The number of nitrogens with zero attached hydrogens (tertiary/aromatic N) is 4. The normalized spacial score (nSPS) is 23.6. The van der Waals surface area contributed by atoms with Crippen molar-refractivity contribution in [2.75, 3.05) is 18.4 Å². The lowest BCUT2D eigenvalue weighted by molar-refractivity contribution is 0.220. The lowest BCUT2D eigenvalue weighted by Gasteiger charge is -2.36. The molecule has 1 fully saturated rings. The Morgan fingerprint density at radius 3 is 2.71 bits per heavy atom. The molecule has 1 aromatic carbocycles. The Kier molecular flexibility index (Phi) is 5.17. The first-order valence-corrected chi connectivity index (χ1v) is 10.9. The minimum Gasteiger partial charge on any atom is -0.323 e. The van der Waals surface area contributed by atoms with E-state index in [4.69, 9.17) is 27.3 Å². The van der Waals surface area contributed by atoms with E-state index in [1.165, 1.54) is 0 Å². The molecule has 2 aromatic rings. The van der Waals surface area contributed by atoms with Gasteiger partial charge in [-0.3, -0.25) is 15.8 Å². The second kappa shape index (κ2) is 7.99. The van der Waals surface area contributed by atoms with Crippen LogP contribution in [0.3, 0.4) is 0 Å². The molecular formula is C21H26ClN9. The van der Waals surface area contributed by atoms with Gasteiger partial charge in [0.2, 0.25) is 5.79 Å².